The largest absolute Gasteiger partial charge is 0.493 e. The highest BCUT2D eigenvalue weighted by Crippen LogP contribution is 2.36. The normalized spacial score (nSPS) is 22.4. The predicted octanol–water partition coefficient (Wildman–Crippen LogP) is 2.22. The summed E-state index contributed by atoms with van der Waals surface area (Å²) in [6.45, 7) is 4.26. The van der Waals surface area contributed by atoms with E-state index >= 15 is 0 Å². The molecule has 1 aromatic carbocycles. The molecule has 3 rings (SSSR count). The van der Waals surface area contributed by atoms with Crippen LogP contribution < -0.4 is 14.8 Å². The first-order chi connectivity index (χ1) is 9.72. The molecule has 1 unspecified atom stereocenters. The number of hydrogen-bond acceptors (Lipinski definition) is 4. The van der Waals surface area contributed by atoms with Crippen molar-refractivity contribution in [2.24, 2.45) is 0 Å². The van der Waals surface area contributed by atoms with Crippen LogP contribution in [0.15, 0.2) is 12.1 Å². The smallest absolute Gasteiger partial charge is 0.163 e. The molecule has 1 aliphatic heterocycles. The van der Waals surface area contributed by atoms with E-state index in [0.29, 0.717) is 5.75 Å². The molecule has 1 saturated heterocycles. The van der Waals surface area contributed by atoms with Gasteiger partial charge in [-0.25, -0.2) is 4.98 Å². The highest BCUT2D eigenvalue weighted by atomic mass is 16.5. The highest BCUT2D eigenvalue weighted by molar-refractivity contribution is 5.80. The van der Waals surface area contributed by atoms with Gasteiger partial charge in [0.25, 0.3) is 0 Å². The van der Waals surface area contributed by atoms with Crippen LogP contribution in [-0.2, 0) is 5.41 Å². The van der Waals surface area contributed by atoms with Crippen LogP contribution in [0.5, 0.6) is 11.5 Å². The molecule has 0 amide bonds. The number of nitrogens with one attached hydrogen (secondary N) is 2. The Labute approximate surface area is 118 Å². The van der Waals surface area contributed by atoms with E-state index in [9.17, 15) is 0 Å². The molecule has 5 heteroatoms. The maximum Gasteiger partial charge on any atom is 0.163 e. The third-order valence-corrected chi connectivity index (χ3v) is 4.41. The average molecular weight is 275 g/mol. The molecular formula is C15H21N3O2. The lowest BCUT2D eigenvalue weighted by Gasteiger charge is -2.23. The molecule has 20 heavy (non-hydrogen) atoms. The summed E-state index contributed by atoms with van der Waals surface area (Å²) in [5.74, 6) is 2.51. The Balaban J connectivity index is 2.10. The number of methoxy groups -OCH3 is 2. The summed E-state index contributed by atoms with van der Waals surface area (Å²) >= 11 is 0. The molecule has 1 aliphatic rings. The number of benzene rings is 1. The number of nitrogens with zero attached hydrogens (tertiary/aromatic N) is 1. The van der Waals surface area contributed by atoms with Crippen molar-refractivity contribution in [2.75, 3.05) is 27.3 Å². The van der Waals surface area contributed by atoms with E-state index in [1.54, 1.807) is 14.2 Å². The van der Waals surface area contributed by atoms with E-state index in [-0.39, 0.29) is 5.41 Å². The van der Waals surface area contributed by atoms with Crippen LogP contribution in [-0.4, -0.2) is 37.3 Å². The molecule has 0 radical (unpaired) electrons. The van der Waals surface area contributed by atoms with Gasteiger partial charge in [0.15, 0.2) is 11.5 Å². The summed E-state index contributed by atoms with van der Waals surface area (Å²) in [6, 6.07) is 3.89. The first-order valence-corrected chi connectivity index (χ1v) is 7.05. The Kier molecular flexibility index (Phi) is 3.30. The number of hydrogen-bond donors (Lipinski definition) is 2. The second-order valence-electron chi connectivity index (χ2n) is 5.37. The van der Waals surface area contributed by atoms with E-state index in [0.717, 1.165) is 48.5 Å². The van der Waals surface area contributed by atoms with Crippen LogP contribution >= 0.6 is 0 Å². The van der Waals surface area contributed by atoms with Gasteiger partial charge >= 0.3 is 0 Å². The van der Waals surface area contributed by atoms with Gasteiger partial charge in [0.2, 0.25) is 0 Å². The average Bonchev–Trinajstić information content (AvgIpc) is 3.12. The van der Waals surface area contributed by atoms with Crippen molar-refractivity contribution < 1.29 is 9.47 Å². The summed E-state index contributed by atoms with van der Waals surface area (Å²) < 4.78 is 10.7. The lowest BCUT2D eigenvalue weighted by molar-refractivity contribution is 0.356. The summed E-state index contributed by atoms with van der Waals surface area (Å²) in [6.07, 6.45) is 2.20. The molecular weight excluding hydrogens is 254 g/mol. The predicted molar refractivity (Wildman–Crippen MR) is 78.7 cm³/mol. The minimum absolute atomic E-state index is 0.124. The van der Waals surface area contributed by atoms with Gasteiger partial charge in [-0.3, -0.25) is 0 Å². The standard InChI is InChI=1S/C15H21N3O2/c1-4-15(5-6-16-9-15)14-17-10-7-12(19-2)13(20-3)8-11(10)18-14/h7-8,16H,4-6,9H2,1-3H3,(H,17,18). The quantitative estimate of drug-likeness (QED) is 0.898. The van der Waals surface area contributed by atoms with Gasteiger partial charge in [-0.1, -0.05) is 6.92 Å². The number of aromatic nitrogens is 2. The molecule has 1 atom stereocenters. The van der Waals surface area contributed by atoms with Gasteiger partial charge in [-0.2, -0.15) is 0 Å². The molecule has 0 saturated carbocycles. The minimum Gasteiger partial charge on any atom is -0.493 e. The monoisotopic (exact) mass is 275 g/mol. The number of imidazole rings is 1. The first kappa shape index (κ1) is 13.2. The molecule has 1 aromatic heterocycles. The van der Waals surface area contributed by atoms with E-state index in [2.05, 4.69) is 17.2 Å². The zero-order valence-corrected chi connectivity index (χ0v) is 12.2. The van der Waals surface area contributed by atoms with Crippen LogP contribution in [0.1, 0.15) is 25.6 Å². The SMILES string of the molecule is CCC1(c2nc3cc(OC)c(OC)cc3[nH]2)CCNC1. The van der Waals surface area contributed by atoms with E-state index in [4.69, 9.17) is 14.5 Å². The number of rotatable bonds is 4. The Bertz CT molecular complexity index is 574. The molecule has 1 fully saturated rings. The third kappa shape index (κ3) is 1.93. The first-order valence-electron chi connectivity index (χ1n) is 7.05. The third-order valence-electron chi connectivity index (χ3n) is 4.41. The fourth-order valence-corrected chi connectivity index (χ4v) is 3.00. The van der Waals surface area contributed by atoms with E-state index in [1.807, 2.05) is 12.1 Å². The minimum atomic E-state index is 0.124. The zero-order valence-electron chi connectivity index (χ0n) is 12.2. The van der Waals surface area contributed by atoms with Crippen LogP contribution in [0, 0.1) is 0 Å². The van der Waals surface area contributed by atoms with Crippen molar-refractivity contribution in [1.29, 1.82) is 0 Å². The Morgan fingerprint density at radius 2 is 2.00 bits per heavy atom. The van der Waals surface area contributed by atoms with E-state index < -0.39 is 0 Å². The van der Waals surface area contributed by atoms with Crippen LogP contribution in [0.25, 0.3) is 11.0 Å². The summed E-state index contributed by atoms with van der Waals surface area (Å²) in [5.41, 5.74) is 2.05. The Morgan fingerprint density at radius 3 is 2.60 bits per heavy atom. The van der Waals surface area contributed by atoms with Gasteiger partial charge in [0, 0.05) is 24.1 Å². The number of H-pyrrole nitrogens is 1. The molecule has 0 spiro atoms. The molecule has 108 valence electrons. The zero-order chi connectivity index (χ0) is 14.2. The lowest BCUT2D eigenvalue weighted by Crippen LogP contribution is -2.29. The van der Waals surface area contributed by atoms with E-state index in [1.165, 1.54) is 0 Å². The molecule has 0 aliphatic carbocycles. The van der Waals surface area contributed by atoms with Gasteiger partial charge in [-0.05, 0) is 19.4 Å². The van der Waals surface area contributed by atoms with Gasteiger partial charge < -0.3 is 19.8 Å². The van der Waals surface area contributed by atoms with Gasteiger partial charge in [0.1, 0.15) is 5.82 Å². The summed E-state index contributed by atoms with van der Waals surface area (Å²) in [7, 11) is 3.29. The van der Waals surface area contributed by atoms with Crippen molar-refractivity contribution in [3.63, 3.8) is 0 Å². The summed E-state index contributed by atoms with van der Waals surface area (Å²) in [4.78, 5) is 8.26. The lowest BCUT2D eigenvalue weighted by atomic mass is 9.83. The van der Waals surface area contributed by atoms with Crippen molar-refractivity contribution >= 4 is 11.0 Å². The highest BCUT2D eigenvalue weighted by Gasteiger charge is 2.36. The van der Waals surface area contributed by atoms with Gasteiger partial charge in [-0.15, -0.1) is 0 Å². The van der Waals surface area contributed by atoms with Crippen molar-refractivity contribution in [1.82, 2.24) is 15.3 Å². The Hall–Kier alpha value is -1.75. The van der Waals surface area contributed by atoms with Crippen LogP contribution in [0.2, 0.25) is 0 Å². The molecule has 2 aromatic rings. The fraction of sp³-hybridized carbons (Fsp3) is 0.533. The summed E-state index contributed by atoms with van der Waals surface area (Å²) in [5, 5.41) is 3.44. The topological polar surface area (TPSA) is 59.2 Å². The van der Waals surface area contributed by atoms with Gasteiger partial charge in [0.05, 0.1) is 25.3 Å². The van der Waals surface area contributed by atoms with Crippen LogP contribution in [0.4, 0.5) is 0 Å². The second kappa shape index (κ2) is 4.98. The molecule has 5 nitrogen and oxygen atoms in total. The Morgan fingerprint density at radius 1 is 1.25 bits per heavy atom. The maximum atomic E-state index is 5.35. The molecule has 0 bridgehead atoms. The van der Waals surface area contributed by atoms with Crippen LogP contribution in [0.3, 0.4) is 0 Å². The number of ether oxygens (including phenoxy) is 2. The molecule has 2 heterocycles. The fourth-order valence-electron chi connectivity index (χ4n) is 3.00. The number of aromatic amines is 1. The van der Waals surface area contributed by atoms with Crippen molar-refractivity contribution in [3.05, 3.63) is 18.0 Å². The maximum absolute atomic E-state index is 5.35. The van der Waals surface area contributed by atoms with Crippen molar-refractivity contribution in [3.8, 4) is 11.5 Å². The van der Waals surface area contributed by atoms with Crippen molar-refractivity contribution in [2.45, 2.75) is 25.2 Å². The second-order valence-corrected chi connectivity index (χ2v) is 5.37. The molecule has 2 N–H and O–H groups in total. The number of fused-ring (bicyclic) bond motifs is 1.